The van der Waals surface area contributed by atoms with Gasteiger partial charge < -0.3 is 4.90 Å². The predicted octanol–water partition coefficient (Wildman–Crippen LogP) is 3.05. The van der Waals surface area contributed by atoms with Crippen molar-refractivity contribution in [2.75, 3.05) is 24.5 Å². The Balaban J connectivity index is 1.53. The molecule has 1 aromatic carbocycles. The van der Waals surface area contributed by atoms with Crippen LogP contribution in [-0.4, -0.2) is 35.6 Å². The lowest BCUT2D eigenvalue weighted by molar-refractivity contribution is 0.126. The second kappa shape index (κ2) is 6.62. The fourth-order valence-electron chi connectivity index (χ4n) is 4.04. The molecule has 0 unspecified atom stereocenters. The summed E-state index contributed by atoms with van der Waals surface area (Å²) >= 11 is 0. The summed E-state index contributed by atoms with van der Waals surface area (Å²) in [7, 11) is 0. The number of benzene rings is 1. The van der Waals surface area contributed by atoms with Crippen molar-refractivity contribution in [2.24, 2.45) is 5.92 Å². The smallest absolute Gasteiger partial charge is 0.142 e. The summed E-state index contributed by atoms with van der Waals surface area (Å²) in [5.41, 5.74) is 1.89. The minimum atomic E-state index is 0.505. The molecule has 0 saturated carbocycles. The molecule has 2 aromatic rings. The van der Waals surface area contributed by atoms with Crippen LogP contribution in [0.2, 0.25) is 0 Å². The van der Waals surface area contributed by atoms with Gasteiger partial charge in [-0.1, -0.05) is 36.4 Å². The fourth-order valence-corrected chi connectivity index (χ4v) is 4.04. The summed E-state index contributed by atoms with van der Waals surface area (Å²) in [6, 6.07) is 19.2. The average Bonchev–Trinajstić information content (AvgIpc) is 2.94. The van der Waals surface area contributed by atoms with Gasteiger partial charge in [0, 0.05) is 32.2 Å². The number of pyridine rings is 1. The standard InChI is InChI=1S/C20H22N4/c21-11-18-7-4-8-20(22-18)24-14-17-9-10-19(15-24)23(13-17)12-16-5-2-1-3-6-16/h1-8,17,19H,9-10,12-15H2/t17-,19-/m1/s1. The van der Waals surface area contributed by atoms with Crippen LogP contribution in [0.1, 0.15) is 24.1 Å². The molecule has 1 aromatic heterocycles. The molecule has 0 amide bonds. The summed E-state index contributed by atoms with van der Waals surface area (Å²) in [6.45, 7) is 4.24. The second-order valence-electron chi connectivity index (χ2n) is 6.91. The quantitative estimate of drug-likeness (QED) is 0.872. The Morgan fingerprint density at radius 2 is 1.88 bits per heavy atom. The van der Waals surface area contributed by atoms with Crippen molar-refractivity contribution in [3.05, 3.63) is 59.8 Å². The van der Waals surface area contributed by atoms with Gasteiger partial charge in [-0.05, 0) is 36.5 Å². The highest BCUT2D eigenvalue weighted by atomic mass is 15.3. The van der Waals surface area contributed by atoms with E-state index in [1.807, 2.05) is 12.1 Å². The van der Waals surface area contributed by atoms with Crippen LogP contribution in [0, 0.1) is 17.2 Å². The lowest BCUT2D eigenvalue weighted by Gasteiger charge is -2.36. The van der Waals surface area contributed by atoms with Gasteiger partial charge in [-0.3, -0.25) is 4.90 Å². The minimum Gasteiger partial charge on any atom is -0.355 e. The van der Waals surface area contributed by atoms with Crippen molar-refractivity contribution in [3.63, 3.8) is 0 Å². The molecule has 0 radical (unpaired) electrons. The van der Waals surface area contributed by atoms with Crippen LogP contribution in [-0.2, 0) is 6.54 Å². The van der Waals surface area contributed by atoms with Gasteiger partial charge in [-0.2, -0.15) is 5.26 Å². The first kappa shape index (κ1) is 15.2. The number of piperidine rings is 1. The van der Waals surface area contributed by atoms with E-state index < -0.39 is 0 Å². The highest BCUT2D eigenvalue weighted by Gasteiger charge is 2.35. The van der Waals surface area contributed by atoms with Crippen molar-refractivity contribution < 1.29 is 0 Å². The van der Waals surface area contributed by atoms with E-state index in [0.29, 0.717) is 17.7 Å². The Kier molecular flexibility index (Phi) is 4.18. The number of fused-ring (bicyclic) bond motifs is 4. The lowest BCUT2D eigenvalue weighted by atomic mass is 9.94. The topological polar surface area (TPSA) is 43.2 Å². The maximum absolute atomic E-state index is 9.10. The molecule has 0 spiro atoms. The van der Waals surface area contributed by atoms with Crippen LogP contribution in [0.3, 0.4) is 0 Å². The molecule has 5 rings (SSSR count). The molecule has 0 aliphatic carbocycles. The van der Waals surface area contributed by atoms with E-state index in [-0.39, 0.29) is 0 Å². The third-order valence-electron chi connectivity index (χ3n) is 5.23. The Bertz CT molecular complexity index is 737. The van der Waals surface area contributed by atoms with Crippen molar-refractivity contribution in [3.8, 4) is 6.07 Å². The van der Waals surface area contributed by atoms with E-state index in [1.54, 1.807) is 6.07 Å². The van der Waals surface area contributed by atoms with Gasteiger partial charge in [0.05, 0.1) is 0 Å². The Morgan fingerprint density at radius 3 is 2.71 bits per heavy atom. The largest absolute Gasteiger partial charge is 0.355 e. The maximum atomic E-state index is 9.10. The third kappa shape index (κ3) is 3.13. The number of aromatic nitrogens is 1. The molecule has 3 aliphatic heterocycles. The van der Waals surface area contributed by atoms with E-state index in [1.165, 1.54) is 18.4 Å². The van der Waals surface area contributed by atoms with Crippen molar-refractivity contribution in [2.45, 2.75) is 25.4 Å². The number of hydrogen-bond donors (Lipinski definition) is 0. The molecule has 122 valence electrons. The first-order valence-corrected chi connectivity index (χ1v) is 8.72. The molecule has 4 heterocycles. The van der Waals surface area contributed by atoms with Gasteiger partial charge in [0.1, 0.15) is 17.6 Å². The van der Waals surface area contributed by atoms with Crippen molar-refractivity contribution in [1.82, 2.24) is 9.88 Å². The summed E-state index contributed by atoms with van der Waals surface area (Å²) in [5, 5.41) is 9.10. The van der Waals surface area contributed by atoms with Crippen LogP contribution in [0.4, 0.5) is 5.82 Å². The number of hydrogen-bond acceptors (Lipinski definition) is 4. The minimum absolute atomic E-state index is 0.505. The third-order valence-corrected chi connectivity index (χ3v) is 5.23. The summed E-state index contributed by atoms with van der Waals surface area (Å²) in [6.07, 6.45) is 2.55. The zero-order chi connectivity index (χ0) is 16.4. The molecule has 24 heavy (non-hydrogen) atoms. The molecule has 2 atom stereocenters. The van der Waals surface area contributed by atoms with E-state index in [9.17, 15) is 0 Å². The molecule has 4 heteroatoms. The summed E-state index contributed by atoms with van der Waals surface area (Å²) in [4.78, 5) is 9.53. The SMILES string of the molecule is N#Cc1cccc(N2C[C@@H]3CC[C@H](C2)N(Cc2ccccc2)C3)n1. The molecule has 2 bridgehead atoms. The van der Waals surface area contributed by atoms with Crippen LogP contribution >= 0.6 is 0 Å². The summed E-state index contributed by atoms with van der Waals surface area (Å²) in [5.74, 6) is 1.63. The highest BCUT2D eigenvalue weighted by molar-refractivity contribution is 5.42. The second-order valence-corrected chi connectivity index (χ2v) is 6.91. The zero-order valence-electron chi connectivity index (χ0n) is 13.8. The zero-order valence-corrected chi connectivity index (χ0v) is 13.8. The molecular weight excluding hydrogens is 296 g/mol. The fraction of sp³-hybridized carbons (Fsp3) is 0.400. The van der Waals surface area contributed by atoms with Gasteiger partial charge in [0.25, 0.3) is 0 Å². The highest BCUT2D eigenvalue weighted by Crippen LogP contribution is 2.31. The lowest BCUT2D eigenvalue weighted by Crippen LogP contribution is -2.43. The molecular formula is C20H22N4. The van der Waals surface area contributed by atoms with Gasteiger partial charge in [-0.25, -0.2) is 4.98 Å². The first-order valence-electron chi connectivity index (χ1n) is 8.72. The summed E-state index contributed by atoms with van der Waals surface area (Å²) < 4.78 is 0. The van der Waals surface area contributed by atoms with E-state index in [4.69, 9.17) is 5.26 Å². The Morgan fingerprint density at radius 1 is 1.00 bits per heavy atom. The molecule has 4 nitrogen and oxygen atoms in total. The van der Waals surface area contributed by atoms with Crippen LogP contribution < -0.4 is 4.90 Å². The molecule has 3 fully saturated rings. The molecule has 0 N–H and O–H groups in total. The number of rotatable bonds is 3. The van der Waals surface area contributed by atoms with Crippen molar-refractivity contribution >= 4 is 5.82 Å². The monoisotopic (exact) mass is 318 g/mol. The van der Waals surface area contributed by atoms with Gasteiger partial charge in [0.2, 0.25) is 0 Å². The Labute approximate surface area is 143 Å². The first-order chi connectivity index (χ1) is 11.8. The predicted molar refractivity (Wildman–Crippen MR) is 94.5 cm³/mol. The van der Waals surface area contributed by atoms with Crippen LogP contribution in [0.15, 0.2) is 48.5 Å². The van der Waals surface area contributed by atoms with Crippen LogP contribution in [0.5, 0.6) is 0 Å². The number of nitrogens with zero attached hydrogens (tertiary/aromatic N) is 4. The van der Waals surface area contributed by atoms with Crippen molar-refractivity contribution in [1.29, 1.82) is 5.26 Å². The van der Waals surface area contributed by atoms with Gasteiger partial charge >= 0.3 is 0 Å². The van der Waals surface area contributed by atoms with Gasteiger partial charge in [0.15, 0.2) is 0 Å². The van der Waals surface area contributed by atoms with E-state index >= 15 is 0 Å². The molecule has 3 aliphatic rings. The van der Waals surface area contributed by atoms with E-state index in [2.05, 4.69) is 51.2 Å². The Hall–Kier alpha value is -2.38. The molecule has 3 saturated heterocycles. The number of anilines is 1. The van der Waals surface area contributed by atoms with Crippen LogP contribution in [0.25, 0.3) is 0 Å². The average molecular weight is 318 g/mol. The normalized spacial score (nSPS) is 23.7. The maximum Gasteiger partial charge on any atom is 0.142 e. The van der Waals surface area contributed by atoms with Gasteiger partial charge in [-0.15, -0.1) is 0 Å². The number of nitriles is 1. The van der Waals surface area contributed by atoms with E-state index in [0.717, 1.165) is 32.0 Å².